The molecule has 0 aliphatic carbocycles. The van der Waals surface area contributed by atoms with Crippen LogP contribution in [0.15, 0.2) is 53.7 Å². The first-order valence-electron chi connectivity index (χ1n) is 8.00. The molecule has 0 unspecified atom stereocenters. The van der Waals surface area contributed by atoms with Gasteiger partial charge >= 0.3 is 0 Å². The van der Waals surface area contributed by atoms with Gasteiger partial charge in [0.1, 0.15) is 11.6 Å². The number of aromatic nitrogens is 4. The highest BCUT2D eigenvalue weighted by atomic mass is 32.2. The second-order valence-corrected chi connectivity index (χ2v) is 6.42. The first-order valence-corrected chi connectivity index (χ1v) is 8.99. The van der Waals surface area contributed by atoms with E-state index in [1.54, 1.807) is 6.07 Å². The molecule has 0 spiro atoms. The molecule has 1 aromatic heterocycles. The molecule has 0 aliphatic rings. The predicted octanol–water partition coefficient (Wildman–Crippen LogP) is 1.79. The maximum absolute atomic E-state index is 13.3. The highest BCUT2D eigenvalue weighted by Crippen LogP contribution is 2.18. The number of anilines is 1. The molecule has 0 saturated carbocycles. The topological polar surface area (TPSA) is 102 Å². The third-order valence-corrected chi connectivity index (χ3v) is 4.32. The molecule has 2 N–H and O–H groups in total. The summed E-state index contributed by atoms with van der Waals surface area (Å²) in [5.74, 6) is -1.75. The lowest BCUT2D eigenvalue weighted by molar-refractivity contribution is -0.122. The van der Waals surface area contributed by atoms with Crippen LogP contribution in [0, 0.1) is 11.6 Å². The number of carbonyl (C=O) groups is 2. The van der Waals surface area contributed by atoms with E-state index in [4.69, 9.17) is 0 Å². The number of hydrogen-bond acceptors (Lipinski definition) is 6. The number of nitrogens with zero attached hydrogens (tertiary/aromatic N) is 4. The van der Waals surface area contributed by atoms with E-state index < -0.39 is 23.4 Å². The fourth-order valence-corrected chi connectivity index (χ4v) is 2.86. The van der Waals surface area contributed by atoms with E-state index in [-0.39, 0.29) is 12.3 Å². The van der Waals surface area contributed by atoms with E-state index >= 15 is 0 Å². The molecule has 3 aromatic rings. The Morgan fingerprint density at radius 3 is 2.57 bits per heavy atom. The zero-order chi connectivity index (χ0) is 19.9. The molecule has 0 fully saturated rings. The van der Waals surface area contributed by atoms with Gasteiger partial charge in [-0.15, -0.1) is 5.10 Å². The molecule has 0 aliphatic heterocycles. The molecule has 8 nitrogen and oxygen atoms in total. The number of tetrazole rings is 1. The zero-order valence-corrected chi connectivity index (χ0v) is 15.1. The molecule has 0 bridgehead atoms. The summed E-state index contributed by atoms with van der Waals surface area (Å²) in [5, 5.41) is 16.4. The summed E-state index contributed by atoms with van der Waals surface area (Å²) < 4.78 is 27.5. The Labute approximate surface area is 162 Å². The van der Waals surface area contributed by atoms with Crippen molar-refractivity contribution in [3.8, 4) is 5.69 Å². The molecule has 0 radical (unpaired) electrons. The summed E-state index contributed by atoms with van der Waals surface area (Å²) in [6.45, 7) is -0.244. The van der Waals surface area contributed by atoms with Gasteiger partial charge in [0.25, 0.3) is 0 Å². The number of benzene rings is 2. The fraction of sp³-hybridized carbons (Fsp3) is 0.118. The summed E-state index contributed by atoms with van der Waals surface area (Å²) in [4.78, 5) is 23.7. The summed E-state index contributed by atoms with van der Waals surface area (Å²) in [6, 6.07) is 11.0. The molecule has 2 aromatic carbocycles. The summed E-state index contributed by atoms with van der Waals surface area (Å²) in [5.41, 5.74) is 0.843. The second-order valence-electron chi connectivity index (χ2n) is 5.47. The van der Waals surface area contributed by atoms with Crippen molar-refractivity contribution in [2.75, 3.05) is 17.6 Å². The Hall–Kier alpha value is -3.34. The Balaban J connectivity index is 1.48. The van der Waals surface area contributed by atoms with Crippen molar-refractivity contribution < 1.29 is 18.4 Å². The predicted molar refractivity (Wildman–Crippen MR) is 97.9 cm³/mol. The van der Waals surface area contributed by atoms with Crippen LogP contribution in [-0.2, 0) is 9.59 Å². The molecular formula is C17H14F2N6O2S. The van der Waals surface area contributed by atoms with Crippen LogP contribution in [0.25, 0.3) is 5.69 Å². The lowest BCUT2D eigenvalue weighted by Gasteiger charge is -2.07. The number of rotatable bonds is 7. The summed E-state index contributed by atoms with van der Waals surface area (Å²) >= 11 is 1.04. The summed E-state index contributed by atoms with van der Waals surface area (Å²) in [6.07, 6.45) is 0. The Kier molecular flexibility index (Phi) is 6.27. The molecule has 11 heteroatoms. The molecule has 3 rings (SSSR count). The van der Waals surface area contributed by atoms with Gasteiger partial charge in [0.15, 0.2) is 0 Å². The van der Waals surface area contributed by atoms with Gasteiger partial charge in [-0.3, -0.25) is 9.59 Å². The number of amides is 2. The lowest BCUT2D eigenvalue weighted by Crippen LogP contribution is -2.33. The molecule has 1 heterocycles. The Morgan fingerprint density at radius 1 is 1.04 bits per heavy atom. The van der Waals surface area contributed by atoms with Crippen LogP contribution in [0.2, 0.25) is 0 Å². The normalized spacial score (nSPS) is 10.5. The third kappa shape index (κ3) is 5.33. The van der Waals surface area contributed by atoms with E-state index in [2.05, 4.69) is 26.2 Å². The molecular weight excluding hydrogens is 390 g/mol. The molecule has 144 valence electrons. The van der Waals surface area contributed by atoms with E-state index in [1.165, 1.54) is 47.1 Å². The largest absolute Gasteiger partial charge is 0.346 e. The van der Waals surface area contributed by atoms with Gasteiger partial charge in [0, 0.05) is 5.69 Å². The van der Waals surface area contributed by atoms with Gasteiger partial charge in [0.05, 0.1) is 18.0 Å². The van der Waals surface area contributed by atoms with Crippen molar-refractivity contribution in [2.24, 2.45) is 0 Å². The first-order chi connectivity index (χ1) is 13.5. The van der Waals surface area contributed by atoms with Crippen LogP contribution in [0.3, 0.4) is 0 Å². The van der Waals surface area contributed by atoms with Gasteiger partial charge in [-0.05, 0) is 52.9 Å². The molecule has 0 atom stereocenters. The average molecular weight is 404 g/mol. The standard InChI is InChI=1S/C17H14F2N6O2S/c18-11-4-6-13(7-5-11)21-15(26)9-20-16(27)10-28-17-22-23-24-25(17)14-3-1-2-12(19)8-14/h1-8H,9-10H2,(H,20,27)(H,21,26). The number of nitrogens with one attached hydrogen (secondary N) is 2. The third-order valence-electron chi connectivity index (χ3n) is 3.40. The number of halogens is 2. The number of hydrogen-bond donors (Lipinski definition) is 2. The molecule has 2 amide bonds. The summed E-state index contributed by atoms with van der Waals surface area (Å²) in [7, 11) is 0. The molecule has 28 heavy (non-hydrogen) atoms. The highest BCUT2D eigenvalue weighted by Gasteiger charge is 2.13. The van der Waals surface area contributed by atoms with Gasteiger partial charge < -0.3 is 10.6 Å². The monoisotopic (exact) mass is 404 g/mol. The quantitative estimate of drug-likeness (QED) is 0.582. The zero-order valence-electron chi connectivity index (χ0n) is 14.3. The Bertz CT molecular complexity index is 980. The minimum absolute atomic E-state index is 0.0421. The number of carbonyl (C=O) groups excluding carboxylic acids is 2. The minimum Gasteiger partial charge on any atom is -0.346 e. The van der Waals surface area contributed by atoms with E-state index in [1.807, 2.05) is 0 Å². The van der Waals surface area contributed by atoms with Gasteiger partial charge in [-0.1, -0.05) is 17.8 Å². The van der Waals surface area contributed by atoms with Crippen molar-refractivity contribution in [3.05, 3.63) is 60.2 Å². The van der Waals surface area contributed by atoms with Gasteiger partial charge in [-0.25, -0.2) is 8.78 Å². The lowest BCUT2D eigenvalue weighted by atomic mass is 10.3. The van der Waals surface area contributed by atoms with Crippen LogP contribution >= 0.6 is 11.8 Å². The Morgan fingerprint density at radius 2 is 1.82 bits per heavy atom. The van der Waals surface area contributed by atoms with Crippen molar-refractivity contribution in [3.63, 3.8) is 0 Å². The van der Waals surface area contributed by atoms with Gasteiger partial charge in [0.2, 0.25) is 17.0 Å². The van der Waals surface area contributed by atoms with Crippen molar-refractivity contribution in [1.29, 1.82) is 0 Å². The smallest absolute Gasteiger partial charge is 0.243 e. The van der Waals surface area contributed by atoms with Crippen molar-refractivity contribution in [1.82, 2.24) is 25.5 Å². The van der Waals surface area contributed by atoms with Crippen LogP contribution in [0.5, 0.6) is 0 Å². The van der Waals surface area contributed by atoms with Crippen molar-refractivity contribution in [2.45, 2.75) is 5.16 Å². The minimum atomic E-state index is -0.449. The van der Waals surface area contributed by atoms with Crippen LogP contribution in [0.1, 0.15) is 0 Å². The maximum Gasteiger partial charge on any atom is 0.243 e. The average Bonchev–Trinajstić information content (AvgIpc) is 3.15. The van der Waals surface area contributed by atoms with E-state index in [0.717, 1.165) is 11.8 Å². The first kappa shape index (κ1) is 19.4. The second kappa shape index (κ2) is 9.04. The van der Waals surface area contributed by atoms with E-state index in [0.29, 0.717) is 16.5 Å². The van der Waals surface area contributed by atoms with Crippen LogP contribution in [-0.4, -0.2) is 44.3 Å². The maximum atomic E-state index is 13.3. The molecule has 0 saturated heterocycles. The van der Waals surface area contributed by atoms with Crippen molar-refractivity contribution >= 4 is 29.3 Å². The van der Waals surface area contributed by atoms with Gasteiger partial charge in [-0.2, -0.15) is 4.68 Å². The van der Waals surface area contributed by atoms with E-state index in [9.17, 15) is 18.4 Å². The fourth-order valence-electron chi connectivity index (χ4n) is 2.14. The highest BCUT2D eigenvalue weighted by molar-refractivity contribution is 7.99. The number of thioether (sulfide) groups is 1. The van der Waals surface area contributed by atoms with Crippen LogP contribution in [0.4, 0.5) is 14.5 Å². The van der Waals surface area contributed by atoms with Crippen LogP contribution < -0.4 is 10.6 Å². The SMILES string of the molecule is O=C(CSc1nnnn1-c1cccc(F)c1)NCC(=O)Nc1ccc(F)cc1.